The van der Waals surface area contributed by atoms with Gasteiger partial charge in [-0.25, -0.2) is 9.97 Å². The number of alkyl halides is 1. The van der Waals surface area contributed by atoms with Crippen LogP contribution in [0.2, 0.25) is 0 Å². The van der Waals surface area contributed by atoms with E-state index in [1.807, 2.05) is 0 Å². The van der Waals surface area contributed by atoms with Crippen LogP contribution < -0.4 is 0 Å². The van der Waals surface area contributed by atoms with E-state index >= 15 is 0 Å². The molecule has 1 fully saturated rings. The van der Waals surface area contributed by atoms with Gasteiger partial charge in [0, 0.05) is 24.7 Å². The van der Waals surface area contributed by atoms with Crippen LogP contribution in [0.15, 0.2) is 12.4 Å². The Kier molecular flexibility index (Phi) is 7.31. The number of aromatic nitrogens is 2. The van der Waals surface area contributed by atoms with Crippen LogP contribution in [0, 0.1) is 11.8 Å². The number of halogens is 1. The first-order valence-electron chi connectivity index (χ1n) is 8.63. The Morgan fingerprint density at radius 1 is 1.18 bits per heavy atom. The lowest BCUT2D eigenvalue weighted by molar-refractivity contribution is 0.0931. The molecular formula is C18H27ClN2O. The van der Waals surface area contributed by atoms with E-state index in [1.54, 1.807) is 12.4 Å². The zero-order valence-electron chi connectivity index (χ0n) is 13.6. The Balaban J connectivity index is 1.78. The van der Waals surface area contributed by atoms with Gasteiger partial charge < -0.3 is 0 Å². The Morgan fingerprint density at radius 2 is 1.82 bits per heavy atom. The lowest BCUT2D eigenvalue weighted by Crippen LogP contribution is -2.18. The minimum Gasteiger partial charge on any atom is -0.291 e. The second-order valence-electron chi connectivity index (χ2n) is 6.51. The summed E-state index contributed by atoms with van der Waals surface area (Å²) in [5.41, 5.74) is 1.11. The number of aryl methyl sites for hydroxylation is 1. The van der Waals surface area contributed by atoms with Gasteiger partial charge in [-0.3, -0.25) is 4.79 Å². The van der Waals surface area contributed by atoms with Crippen molar-refractivity contribution in [3.8, 4) is 0 Å². The van der Waals surface area contributed by atoms with Gasteiger partial charge in [0.05, 0.1) is 0 Å². The van der Waals surface area contributed by atoms with Crippen molar-refractivity contribution in [3.63, 3.8) is 0 Å². The molecule has 0 saturated heterocycles. The first-order chi connectivity index (χ1) is 10.7. The van der Waals surface area contributed by atoms with Crippen molar-refractivity contribution >= 4 is 17.4 Å². The topological polar surface area (TPSA) is 42.9 Å². The standard InChI is InChI=1S/C18H27ClN2O/c1-2-4-16-12-20-18(21-13-16)17(22)11-15-8-6-14(7-9-15)5-3-10-19/h12-15H,2-11H2,1H3. The summed E-state index contributed by atoms with van der Waals surface area (Å²) in [5, 5.41) is 0. The summed E-state index contributed by atoms with van der Waals surface area (Å²) in [7, 11) is 0. The third-order valence-corrected chi connectivity index (χ3v) is 4.95. The Morgan fingerprint density at radius 3 is 2.41 bits per heavy atom. The predicted octanol–water partition coefficient (Wildman–Crippen LogP) is 4.83. The van der Waals surface area contributed by atoms with Gasteiger partial charge in [0.1, 0.15) is 0 Å². The van der Waals surface area contributed by atoms with Crippen LogP contribution in [0.5, 0.6) is 0 Å². The van der Waals surface area contributed by atoms with Crippen molar-refractivity contribution in [1.82, 2.24) is 9.97 Å². The number of Topliss-reactive ketones (excluding diaryl/α,β-unsaturated/α-hetero) is 1. The third kappa shape index (κ3) is 5.35. The van der Waals surface area contributed by atoms with Crippen molar-refractivity contribution in [2.75, 3.05) is 5.88 Å². The largest absolute Gasteiger partial charge is 0.291 e. The molecule has 0 aliphatic heterocycles. The molecule has 3 nitrogen and oxygen atoms in total. The van der Waals surface area contributed by atoms with Crippen molar-refractivity contribution in [3.05, 3.63) is 23.8 Å². The van der Waals surface area contributed by atoms with E-state index in [0.29, 0.717) is 18.2 Å². The molecule has 122 valence electrons. The molecule has 0 N–H and O–H groups in total. The van der Waals surface area contributed by atoms with Gasteiger partial charge in [-0.15, -0.1) is 11.6 Å². The van der Waals surface area contributed by atoms with Crippen LogP contribution in [0.25, 0.3) is 0 Å². The maximum atomic E-state index is 12.3. The molecule has 1 aliphatic carbocycles. The van der Waals surface area contributed by atoms with E-state index in [4.69, 9.17) is 11.6 Å². The number of ketones is 1. The number of carbonyl (C=O) groups is 1. The molecule has 0 aromatic carbocycles. The van der Waals surface area contributed by atoms with Crippen LogP contribution in [-0.2, 0) is 6.42 Å². The maximum Gasteiger partial charge on any atom is 0.200 e. The van der Waals surface area contributed by atoms with E-state index in [0.717, 1.165) is 49.5 Å². The van der Waals surface area contributed by atoms with Crippen LogP contribution in [-0.4, -0.2) is 21.6 Å². The molecular weight excluding hydrogens is 296 g/mol. The van der Waals surface area contributed by atoms with E-state index in [-0.39, 0.29) is 5.78 Å². The summed E-state index contributed by atoms with van der Waals surface area (Å²) in [5.74, 6) is 2.59. The van der Waals surface area contributed by atoms with Crippen molar-refractivity contribution < 1.29 is 4.79 Å². The van der Waals surface area contributed by atoms with E-state index in [9.17, 15) is 4.79 Å². The van der Waals surface area contributed by atoms with Crippen molar-refractivity contribution in [2.45, 2.75) is 64.7 Å². The highest BCUT2D eigenvalue weighted by atomic mass is 35.5. The molecule has 1 saturated carbocycles. The third-order valence-electron chi connectivity index (χ3n) is 4.68. The molecule has 0 radical (unpaired) electrons. The zero-order valence-corrected chi connectivity index (χ0v) is 14.3. The molecule has 2 rings (SSSR count). The fraction of sp³-hybridized carbons (Fsp3) is 0.722. The molecule has 22 heavy (non-hydrogen) atoms. The number of hydrogen-bond donors (Lipinski definition) is 0. The average Bonchev–Trinajstić information content (AvgIpc) is 2.55. The molecule has 1 heterocycles. The normalized spacial score (nSPS) is 21.7. The first-order valence-corrected chi connectivity index (χ1v) is 9.16. The van der Waals surface area contributed by atoms with Gasteiger partial charge >= 0.3 is 0 Å². The lowest BCUT2D eigenvalue weighted by atomic mass is 9.78. The van der Waals surface area contributed by atoms with Gasteiger partial charge in [-0.1, -0.05) is 26.2 Å². The van der Waals surface area contributed by atoms with Crippen molar-refractivity contribution in [2.24, 2.45) is 11.8 Å². The fourth-order valence-electron chi connectivity index (χ4n) is 3.36. The number of nitrogens with zero attached hydrogens (tertiary/aromatic N) is 2. The SMILES string of the molecule is CCCc1cnc(C(=O)CC2CCC(CCCCl)CC2)nc1. The minimum atomic E-state index is 0.104. The highest BCUT2D eigenvalue weighted by Gasteiger charge is 2.24. The first kappa shape index (κ1) is 17.4. The summed E-state index contributed by atoms with van der Waals surface area (Å²) in [4.78, 5) is 20.8. The summed E-state index contributed by atoms with van der Waals surface area (Å²) in [6, 6.07) is 0. The second kappa shape index (κ2) is 9.24. The summed E-state index contributed by atoms with van der Waals surface area (Å²) in [6.45, 7) is 2.13. The maximum absolute atomic E-state index is 12.3. The smallest absolute Gasteiger partial charge is 0.200 e. The molecule has 1 aromatic rings. The Hall–Kier alpha value is -0.960. The predicted molar refractivity (Wildman–Crippen MR) is 90.4 cm³/mol. The Labute approximate surface area is 138 Å². The van der Waals surface area contributed by atoms with E-state index < -0.39 is 0 Å². The van der Waals surface area contributed by atoms with Crippen LogP contribution in [0.4, 0.5) is 0 Å². The zero-order chi connectivity index (χ0) is 15.8. The quantitative estimate of drug-likeness (QED) is 0.508. The molecule has 0 spiro atoms. The van der Waals surface area contributed by atoms with E-state index in [2.05, 4.69) is 16.9 Å². The average molecular weight is 323 g/mol. The van der Waals surface area contributed by atoms with Crippen LogP contribution >= 0.6 is 11.6 Å². The molecule has 1 aliphatic rings. The van der Waals surface area contributed by atoms with Gasteiger partial charge in [-0.2, -0.15) is 0 Å². The summed E-state index contributed by atoms with van der Waals surface area (Å²) < 4.78 is 0. The van der Waals surface area contributed by atoms with Gasteiger partial charge in [0.25, 0.3) is 0 Å². The fourth-order valence-corrected chi connectivity index (χ4v) is 3.51. The lowest BCUT2D eigenvalue weighted by Gasteiger charge is -2.27. The van der Waals surface area contributed by atoms with Crippen LogP contribution in [0.3, 0.4) is 0 Å². The Bertz CT molecular complexity index is 453. The summed E-state index contributed by atoms with van der Waals surface area (Å²) >= 11 is 5.76. The van der Waals surface area contributed by atoms with E-state index in [1.165, 1.54) is 19.3 Å². The van der Waals surface area contributed by atoms with Gasteiger partial charge in [-0.05, 0) is 49.5 Å². The summed E-state index contributed by atoms with van der Waals surface area (Å²) in [6.07, 6.45) is 13.4. The van der Waals surface area contributed by atoms with Crippen LogP contribution in [0.1, 0.15) is 74.5 Å². The molecule has 1 aromatic heterocycles. The highest BCUT2D eigenvalue weighted by Crippen LogP contribution is 2.33. The minimum absolute atomic E-state index is 0.104. The molecule has 0 unspecified atom stereocenters. The highest BCUT2D eigenvalue weighted by molar-refractivity contribution is 6.17. The second-order valence-corrected chi connectivity index (χ2v) is 6.89. The number of hydrogen-bond acceptors (Lipinski definition) is 3. The number of rotatable bonds is 8. The molecule has 4 heteroatoms. The monoisotopic (exact) mass is 322 g/mol. The van der Waals surface area contributed by atoms with Crippen molar-refractivity contribution in [1.29, 1.82) is 0 Å². The number of carbonyl (C=O) groups excluding carboxylic acids is 1. The molecule has 0 amide bonds. The molecule has 0 atom stereocenters. The molecule has 0 bridgehead atoms. The van der Waals surface area contributed by atoms with Gasteiger partial charge in [0.15, 0.2) is 11.6 Å². The van der Waals surface area contributed by atoms with Gasteiger partial charge in [0.2, 0.25) is 0 Å².